The van der Waals surface area contributed by atoms with Crippen molar-refractivity contribution in [2.45, 2.75) is 51.0 Å². The summed E-state index contributed by atoms with van der Waals surface area (Å²) in [6.07, 6.45) is 5.59. The highest BCUT2D eigenvalue weighted by Gasteiger charge is 2.53. The highest BCUT2D eigenvalue weighted by molar-refractivity contribution is 5.84. The molecule has 2 aromatic carbocycles. The lowest BCUT2D eigenvalue weighted by Crippen LogP contribution is -2.29. The maximum absolute atomic E-state index is 11.8. The van der Waals surface area contributed by atoms with E-state index in [2.05, 4.69) is 48.2 Å². The number of carbonyl (C=O) groups excluding carboxylic acids is 1. The van der Waals surface area contributed by atoms with Gasteiger partial charge >= 0.3 is 0 Å². The number of hydrogen-bond acceptors (Lipinski definition) is 4. The topological polar surface area (TPSA) is 64.8 Å². The summed E-state index contributed by atoms with van der Waals surface area (Å²) in [4.78, 5) is 14.2. The van der Waals surface area contributed by atoms with Crippen LogP contribution in [-0.2, 0) is 4.79 Å². The van der Waals surface area contributed by atoms with Gasteiger partial charge in [0.2, 0.25) is 5.91 Å². The van der Waals surface area contributed by atoms with Crippen molar-refractivity contribution in [3.63, 3.8) is 0 Å². The van der Waals surface area contributed by atoms with Crippen LogP contribution in [0.1, 0.15) is 50.5 Å². The minimum absolute atomic E-state index is 0.150. The SMILES string of the molecule is C[C@@H](c1ccc(O[C@@H]2CCN(c3ccc(OCC4CC4)cc3)C2)cc1)C1(C(N)=O)CC1. The second-order valence-electron chi connectivity index (χ2n) is 9.53. The van der Waals surface area contributed by atoms with Gasteiger partial charge in [-0.3, -0.25) is 4.79 Å². The van der Waals surface area contributed by atoms with Crippen LogP contribution in [0.25, 0.3) is 0 Å². The van der Waals surface area contributed by atoms with Gasteiger partial charge in [0.1, 0.15) is 17.6 Å². The van der Waals surface area contributed by atoms with Crippen LogP contribution in [-0.4, -0.2) is 31.7 Å². The van der Waals surface area contributed by atoms with E-state index in [0.29, 0.717) is 0 Å². The third-order valence-corrected chi connectivity index (χ3v) is 7.32. The maximum Gasteiger partial charge on any atom is 0.224 e. The van der Waals surface area contributed by atoms with Crippen molar-refractivity contribution in [3.8, 4) is 11.5 Å². The molecule has 5 heteroatoms. The lowest BCUT2D eigenvalue weighted by Gasteiger charge is -2.21. The van der Waals surface area contributed by atoms with E-state index >= 15 is 0 Å². The molecule has 0 bridgehead atoms. The zero-order valence-corrected chi connectivity index (χ0v) is 18.3. The number of anilines is 1. The molecule has 0 radical (unpaired) electrons. The third-order valence-electron chi connectivity index (χ3n) is 7.32. The molecule has 3 fully saturated rings. The van der Waals surface area contributed by atoms with Crippen LogP contribution >= 0.6 is 0 Å². The quantitative estimate of drug-likeness (QED) is 0.649. The van der Waals surface area contributed by atoms with Crippen LogP contribution in [0.15, 0.2) is 48.5 Å². The first-order valence-electron chi connectivity index (χ1n) is 11.6. The zero-order valence-electron chi connectivity index (χ0n) is 18.3. The predicted molar refractivity (Wildman–Crippen MR) is 122 cm³/mol. The number of benzene rings is 2. The third kappa shape index (κ3) is 4.36. The first-order valence-corrected chi connectivity index (χ1v) is 11.6. The second-order valence-corrected chi connectivity index (χ2v) is 9.53. The van der Waals surface area contributed by atoms with Crippen molar-refractivity contribution in [3.05, 3.63) is 54.1 Å². The number of nitrogens with zero attached hydrogens (tertiary/aromatic N) is 1. The number of primary amides is 1. The Bertz CT molecular complexity index is 917. The lowest BCUT2D eigenvalue weighted by atomic mass is 9.84. The fourth-order valence-electron chi connectivity index (χ4n) is 4.68. The molecular weight excluding hydrogens is 388 g/mol. The van der Waals surface area contributed by atoms with Crippen molar-refractivity contribution >= 4 is 11.6 Å². The van der Waals surface area contributed by atoms with Gasteiger partial charge in [-0.05, 0) is 79.5 Å². The number of amides is 1. The second kappa shape index (κ2) is 8.10. The Morgan fingerprint density at radius 1 is 1.06 bits per heavy atom. The van der Waals surface area contributed by atoms with Crippen molar-refractivity contribution in [1.82, 2.24) is 0 Å². The molecule has 2 aliphatic carbocycles. The van der Waals surface area contributed by atoms with E-state index in [4.69, 9.17) is 15.2 Å². The summed E-state index contributed by atoms with van der Waals surface area (Å²) in [5, 5.41) is 0. The average Bonchev–Trinajstić information content (AvgIpc) is 3.71. The molecule has 2 N–H and O–H groups in total. The fraction of sp³-hybridized carbons (Fsp3) is 0.500. The minimum Gasteiger partial charge on any atom is -0.493 e. The van der Waals surface area contributed by atoms with Gasteiger partial charge < -0.3 is 20.1 Å². The van der Waals surface area contributed by atoms with Crippen LogP contribution in [0, 0.1) is 11.3 Å². The molecule has 2 atom stereocenters. The van der Waals surface area contributed by atoms with Gasteiger partial charge in [-0.15, -0.1) is 0 Å². The van der Waals surface area contributed by atoms with Gasteiger partial charge in [-0.1, -0.05) is 19.1 Å². The van der Waals surface area contributed by atoms with Gasteiger partial charge in [0.05, 0.1) is 18.6 Å². The van der Waals surface area contributed by atoms with Crippen LogP contribution < -0.4 is 20.1 Å². The molecule has 0 unspecified atom stereocenters. The normalized spacial score (nSPS) is 22.7. The maximum atomic E-state index is 11.8. The molecule has 164 valence electrons. The van der Waals surface area contributed by atoms with Crippen LogP contribution in [0.4, 0.5) is 5.69 Å². The Kier molecular flexibility index (Phi) is 5.28. The Hall–Kier alpha value is -2.69. The van der Waals surface area contributed by atoms with Crippen molar-refractivity contribution in [2.75, 3.05) is 24.6 Å². The van der Waals surface area contributed by atoms with Gasteiger partial charge in [-0.2, -0.15) is 0 Å². The first-order chi connectivity index (χ1) is 15.0. The number of carbonyl (C=O) groups is 1. The molecule has 1 aliphatic heterocycles. The molecule has 2 saturated carbocycles. The zero-order chi connectivity index (χ0) is 21.4. The smallest absolute Gasteiger partial charge is 0.224 e. The molecule has 0 spiro atoms. The lowest BCUT2D eigenvalue weighted by molar-refractivity contribution is -0.123. The summed E-state index contributed by atoms with van der Waals surface area (Å²) in [6, 6.07) is 16.6. The Morgan fingerprint density at radius 3 is 2.35 bits per heavy atom. The van der Waals surface area contributed by atoms with Crippen molar-refractivity contribution < 1.29 is 14.3 Å². The summed E-state index contributed by atoms with van der Waals surface area (Å²) in [5.41, 5.74) is 7.66. The summed E-state index contributed by atoms with van der Waals surface area (Å²) in [7, 11) is 0. The highest BCUT2D eigenvalue weighted by atomic mass is 16.5. The van der Waals surface area contributed by atoms with E-state index in [-0.39, 0.29) is 23.3 Å². The van der Waals surface area contributed by atoms with E-state index in [1.54, 1.807) is 0 Å². The molecule has 3 aliphatic rings. The summed E-state index contributed by atoms with van der Waals surface area (Å²) >= 11 is 0. The van der Waals surface area contributed by atoms with Crippen molar-refractivity contribution in [1.29, 1.82) is 0 Å². The number of hydrogen-bond donors (Lipinski definition) is 1. The van der Waals surface area contributed by atoms with Gasteiger partial charge in [-0.25, -0.2) is 0 Å². The standard InChI is InChI=1S/C26H32N2O3/c1-18(26(13-14-26)25(27)29)20-4-8-23(9-5-20)31-24-12-15-28(16-24)21-6-10-22(11-7-21)30-17-19-2-3-19/h4-11,18-19,24H,2-3,12-17H2,1H3,(H2,27,29)/t18-,24+/m0/s1. The monoisotopic (exact) mass is 420 g/mol. The Balaban J connectivity index is 1.14. The Morgan fingerprint density at radius 2 is 1.74 bits per heavy atom. The summed E-state index contributed by atoms with van der Waals surface area (Å²) < 4.78 is 12.1. The van der Waals surface area contributed by atoms with Crippen molar-refractivity contribution in [2.24, 2.45) is 17.1 Å². The highest BCUT2D eigenvalue weighted by Crippen LogP contribution is 2.55. The van der Waals surface area contributed by atoms with Crippen LogP contribution in [0.5, 0.6) is 11.5 Å². The Labute approximate surface area is 184 Å². The first kappa shape index (κ1) is 20.2. The van der Waals surface area contributed by atoms with Crippen LogP contribution in [0.2, 0.25) is 0 Å². The molecule has 5 rings (SSSR count). The number of rotatable bonds is 9. The summed E-state index contributed by atoms with van der Waals surface area (Å²) in [6.45, 7) is 4.82. The molecule has 1 amide bonds. The average molecular weight is 421 g/mol. The van der Waals surface area contributed by atoms with Gasteiger partial charge in [0, 0.05) is 18.7 Å². The van der Waals surface area contributed by atoms with E-state index < -0.39 is 0 Å². The molecule has 1 heterocycles. The van der Waals surface area contributed by atoms with E-state index in [1.807, 2.05) is 12.1 Å². The fourth-order valence-corrected chi connectivity index (χ4v) is 4.68. The number of nitrogens with two attached hydrogens (primary N) is 1. The van der Waals surface area contributed by atoms with Gasteiger partial charge in [0.25, 0.3) is 0 Å². The van der Waals surface area contributed by atoms with Crippen LogP contribution in [0.3, 0.4) is 0 Å². The van der Waals surface area contributed by atoms with E-state index in [9.17, 15) is 4.79 Å². The number of ether oxygens (including phenoxy) is 2. The minimum atomic E-state index is -0.340. The van der Waals surface area contributed by atoms with E-state index in [1.165, 1.54) is 18.5 Å². The molecule has 0 aromatic heterocycles. The molecule has 31 heavy (non-hydrogen) atoms. The summed E-state index contributed by atoms with van der Waals surface area (Å²) in [5.74, 6) is 2.59. The molecule has 2 aromatic rings. The van der Waals surface area contributed by atoms with E-state index in [0.717, 1.165) is 61.9 Å². The molecule has 5 nitrogen and oxygen atoms in total. The predicted octanol–water partition coefficient (Wildman–Crippen LogP) is 4.50. The largest absolute Gasteiger partial charge is 0.493 e. The van der Waals surface area contributed by atoms with Gasteiger partial charge in [0.15, 0.2) is 0 Å². The molecule has 1 saturated heterocycles. The molecular formula is C26H32N2O3.